The summed E-state index contributed by atoms with van der Waals surface area (Å²) in [5, 5.41) is 4.49. The first-order chi connectivity index (χ1) is 6.33. The van der Waals surface area contributed by atoms with Gasteiger partial charge in [-0.3, -0.25) is 4.99 Å². The van der Waals surface area contributed by atoms with Crippen LogP contribution in [0.2, 0.25) is 0 Å². The minimum absolute atomic E-state index is 0.999. The molecule has 1 heterocycles. The van der Waals surface area contributed by atoms with Crippen LogP contribution < -0.4 is 5.32 Å². The molecule has 0 unspecified atom stereocenters. The molecule has 1 aliphatic heterocycles. The van der Waals surface area contributed by atoms with Crippen LogP contribution in [-0.2, 0) is 0 Å². The van der Waals surface area contributed by atoms with Gasteiger partial charge in [0.2, 0.25) is 0 Å². The third-order valence-corrected chi connectivity index (χ3v) is 3.15. The lowest BCUT2D eigenvalue weighted by atomic mass is 10.5. The number of rotatable bonds is 4. The standard InChI is InChI=1S/C9H19N3S/c1-3-12(2)7-6-11-9-10-5-4-8-13-9/h3-8H2,1-2H3,(H,10,11). The van der Waals surface area contributed by atoms with Crippen molar-refractivity contribution < 1.29 is 0 Å². The monoisotopic (exact) mass is 201 g/mol. The van der Waals surface area contributed by atoms with E-state index in [0.717, 1.165) is 31.3 Å². The zero-order valence-corrected chi connectivity index (χ0v) is 9.36. The van der Waals surface area contributed by atoms with Gasteiger partial charge in [0, 0.05) is 25.4 Å². The molecule has 0 spiro atoms. The molecule has 0 aromatic heterocycles. The van der Waals surface area contributed by atoms with Gasteiger partial charge in [-0.05, 0) is 20.0 Å². The lowest BCUT2D eigenvalue weighted by Gasteiger charge is -2.16. The molecule has 1 N–H and O–H groups in total. The van der Waals surface area contributed by atoms with Gasteiger partial charge >= 0.3 is 0 Å². The van der Waals surface area contributed by atoms with Crippen molar-refractivity contribution in [2.24, 2.45) is 4.99 Å². The largest absolute Gasteiger partial charge is 0.364 e. The van der Waals surface area contributed by atoms with E-state index in [2.05, 4.69) is 29.2 Å². The van der Waals surface area contributed by atoms with Gasteiger partial charge in [0.25, 0.3) is 0 Å². The smallest absolute Gasteiger partial charge is 0.156 e. The zero-order chi connectivity index (χ0) is 9.52. The summed E-state index contributed by atoms with van der Waals surface area (Å²) in [5.41, 5.74) is 0. The zero-order valence-electron chi connectivity index (χ0n) is 8.55. The van der Waals surface area contributed by atoms with Crippen LogP contribution in [0.4, 0.5) is 0 Å². The lowest BCUT2D eigenvalue weighted by Crippen LogP contribution is -2.32. The van der Waals surface area contributed by atoms with Crippen LogP contribution in [0.5, 0.6) is 0 Å². The van der Waals surface area contributed by atoms with Crippen LogP contribution in [0.15, 0.2) is 4.99 Å². The fourth-order valence-corrected chi connectivity index (χ4v) is 1.93. The molecule has 1 aliphatic rings. The lowest BCUT2D eigenvalue weighted by molar-refractivity contribution is 0.358. The Bertz CT molecular complexity index is 170. The van der Waals surface area contributed by atoms with E-state index in [1.807, 2.05) is 11.8 Å². The number of thioether (sulfide) groups is 1. The summed E-state index contributed by atoms with van der Waals surface area (Å²) in [6.07, 6.45) is 1.23. The Morgan fingerprint density at radius 3 is 3.08 bits per heavy atom. The van der Waals surface area contributed by atoms with Crippen molar-refractivity contribution in [2.45, 2.75) is 13.3 Å². The highest BCUT2D eigenvalue weighted by atomic mass is 32.2. The molecular weight excluding hydrogens is 182 g/mol. The number of nitrogens with zero attached hydrogens (tertiary/aromatic N) is 2. The van der Waals surface area contributed by atoms with Crippen molar-refractivity contribution in [3.63, 3.8) is 0 Å². The molecule has 0 atom stereocenters. The van der Waals surface area contributed by atoms with Gasteiger partial charge in [-0.15, -0.1) is 0 Å². The molecule has 13 heavy (non-hydrogen) atoms. The average Bonchev–Trinajstić information content (AvgIpc) is 2.19. The van der Waals surface area contributed by atoms with Crippen LogP contribution >= 0.6 is 11.8 Å². The maximum Gasteiger partial charge on any atom is 0.156 e. The van der Waals surface area contributed by atoms with E-state index in [9.17, 15) is 0 Å². The van der Waals surface area contributed by atoms with E-state index < -0.39 is 0 Å². The van der Waals surface area contributed by atoms with E-state index in [-0.39, 0.29) is 0 Å². The number of hydrogen-bond donors (Lipinski definition) is 1. The number of amidine groups is 1. The Morgan fingerprint density at radius 2 is 2.46 bits per heavy atom. The van der Waals surface area contributed by atoms with Crippen LogP contribution in [-0.4, -0.2) is 49.0 Å². The number of likely N-dealkylation sites (N-methyl/N-ethyl adjacent to an activating group) is 1. The third-order valence-electron chi connectivity index (χ3n) is 2.11. The van der Waals surface area contributed by atoms with Crippen molar-refractivity contribution in [3.8, 4) is 0 Å². The normalized spacial score (nSPS) is 17.3. The van der Waals surface area contributed by atoms with E-state index in [4.69, 9.17) is 0 Å². The van der Waals surface area contributed by atoms with Gasteiger partial charge in [-0.2, -0.15) is 0 Å². The van der Waals surface area contributed by atoms with Crippen LogP contribution in [0.3, 0.4) is 0 Å². The summed E-state index contributed by atoms with van der Waals surface area (Å²) in [6, 6.07) is 0. The molecule has 4 heteroatoms. The number of aliphatic imine (C=N–C) groups is 1. The Kier molecular flexibility index (Phi) is 5.23. The minimum Gasteiger partial charge on any atom is -0.364 e. The van der Waals surface area contributed by atoms with E-state index in [0.29, 0.717) is 0 Å². The van der Waals surface area contributed by atoms with E-state index in [1.54, 1.807) is 0 Å². The molecule has 0 aromatic rings. The highest BCUT2D eigenvalue weighted by Gasteiger charge is 2.04. The van der Waals surface area contributed by atoms with E-state index >= 15 is 0 Å². The summed E-state index contributed by atoms with van der Waals surface area (Å²) >= 11 is 1.84. The highest BCUT2D eigenvalue weighted by Crippen LogP contribution is 2.09. The first-order valence-corrected chi connectivity index (χ1v) is 5.91. The fraction of sp³-hybridized carbons (Fsp3) is 0.889. The second kappa shape index (κ2) is 6.27. The van der Waals surface area contributed by atoms with Crippen LogP contribution in [0.25, 0.3) is 0 Å². The predicted molar refractivity (Wildman–Crippen MR) is 60.6 cm³/mol. The number of hydrogen-bond acceptors (Lipinski definition) is 4. The van der Waals surface area contributed by atoms with Crippen molar-refractivity contribution in [2.75, 3.05) is 39.0 Å². The Balaban J connectivity index is 2.08. The topological polar surface area (TPSA) is 27.6 Å². The second-order valence-corrected chi connectivity index (χ2v) is 4.30. The molecule has 0 fully saturated rings. The van der Waals surface area contributed by atoms with Crippen LogP contribution in [0, 0.1) is 0 Å². The summed E-state index contributed by atoms with van der Waals surface area (Å²) in [6.45, 7) is 6.39. The molecule has 1 rings (SSSR count). The molecular formula is C9H19N3S. The summed E-state index contributed by atoms with van der Waals surface area (Å²) < 4.78 is 0. The molecule has 76 valence electrons. The summed E-state index contributed by atoms with van der Waals surface area (Å²) in [4.78, 5) is 6.69. The minimum atomic E-state index is 0.999. The highest BCUT2D eigenvalue weighted by molar-refractivity contribution is 8.13. The Hall–Kier alpha value is -0.220. The molecule has 0 saturated carbocycles. The molecule has 0 aliphatic carbocycles. The van der Waals surface area contributed by atoms with Gasteiger partial charge in [-0.1, -0.05) is 18.7 Å². The first kappa shape index (κ1) is 10.9. The van der Waals surface area contributed by atoms with Crippen molar-refractivity contribution in [1.29, 1.82) is 0 Å². The SMILES string of the molecule is CCN(C)CCNC1=NCCCS1. The van der Waals surface area contributed by atoms with Gasteiger partial charge in [0.1, 0.15) is 0 Å². The molecule has 0 saturated heterocycles. The van der Waals surface area contributed by atoms with Gasteiger partial charge in [-0.25, -0.2) is 0 Å². The predicted octanol–water partition coefficient (Wildman–Crippen LogP) is 1.02. The quantitative estimate of drug-likeness (QED) is 0.736. The van der Waals surface area contributed by atoms with E-state index in [1.165, 1.54) is 12.2 Å². The molecule has 0 bridgehead atoms. The molecule has 0 radical (unpaired) electrons. The molecule has 0 amide bonds. The van der Waals surface area contributed by atoms with Crippen LogP contribution in [0.1, 0.15) is 13.3 Å². The van der Waals surface area contributed by atoms with Gasteiger partial charge in [0.15, 0.2) is 5.17 Å². The summed E-state index contributed by atoms with van der Waals surface area (Å²) in [5.74, 6) is 1.22. The fourth-order valence-electron chi connectivity index (χ4n) is 1.08. The Morgan fingerprint density at radius 1 is 1.62 bits per heavy atom. The van der Waals surface area contributed by atoms with Crippen molar-refractivity contribution in [3.05, 3.63) is 0 Å². The Labute approximate surface area is 85.0 Å². The maximum absolute atomic E-state index is 4.40. The van der Waals surface area contributed by atoms with Gasteiger partial charge in [0.05, 0.1) is 0 Å². The second-order valence-electron chi connectivity index (χ2n) is 3.21. The molecule has 3 nitrogen and oxygen atoms in total. The van der Waals surface area contributed by atoms with Gasteiger partial charge < -0.3 is 10.2 Å². The molecule has 0 aromatic carbocycles. The maximum atomic E-state index is 4.40. The van der Waals surface area contributed by atoms with Crippen molar-refractivity contribution in [1.82, 2.24) is 10.2 Å². The summed E-state index contributed by atoms with van der Waals surface area (Å²) in [7, 11) is 2.14. The number of nitrogens with one attached hydrogen (secondary N) is 1. The average molecular weight is 201 g/mol. The first-order valence-electron chi connectivity index (χ1n) is 4.92. The van der Waals surface area contributed by atoms with Crippen molar-refractivity contribution >= 4 is 16.9 Å². The third kappa shape index (κ3) is 4.52.